The number of nitrogens with zero attached hydrogens (tertiary/aromatic N) is 3. The van der Waals surface area contributed by atoms with Crippen molar-refractivity contribution in [3.8, 4) is 11.4 Å². The third-order valence-corrected chi connectivity index (χ3v) is 6.33. The maximum Gasteiger partial charge on any atom is 0.231 e. The Kier molecular flexibility index (Phi) is 4.16. The van der Waals surface area contributed by atoms with Gasteiger partial charge in [-0.25, -0.2) is 0 Å². The highest BCUT2D eigenvalue weighted by Gasteiger charge is 2.54. The highest BCUT2D eigenvalue weighted by Crippen LogP contribution is 2.56. The first-order valence-corrected chi connectivity index (χ1v) is 9.74. The molecule has 0 aromatic carbocycles. The Labute approximate surface area is 146 Å². The summed E-state index contributed by atoms with van der Waals surface area (Å²) < 4.78 is 5.62. The Hall–Kier alpha value is -1.69. The lowest BCUT2D eigenvalue weighted by Crippen LogP contribution is -2.39. The van der Waals surface area contributed by atoms with E-state index in [4.69, 9.17) is 4.52 Å². The van der Waals surface area contributed by atoms with Gasteiger partial charge in [-0.2, -0.15) is 16.3 Å². The zero-order chi connectivity index (χ0) is 16.7. The number of hydrogen-bond acceptors (Lipinski definition) is 5. The normalized spacial score (nSPS) is 28.4. The van der Waals surface area contributed by atoms with E-state index in [9.17, 15) is 4.79 Å². The number of aromatic nitrogens is 2. The summed E-state index contributed by atoms with van der Waals surface area (Å²) in [6.45, 7) is 2.91. The first-order chi connectivity index (χ1) is 11.7. The highest BCUT2D eigenvalue weighted by molar-refractivity contribution is 7.08. The van der Waals surface area contributed by atoms with Crippen LogP contribution in [0.4, 0.5) is 0 Å². The molecular weight excluding hydrogens is 322 g/mol. The van der Waals surface area contributed by atoms with Crippen LogP contribution in [0.15, 0.2) is 21.3 Å². The molecule has 0 radical (unpaired) electrons. The molecule has 0 unspecified atom stereocenters. The number of fused-ring (bicyclic) bond motifs is 2. The van der Waals surface area contributed by atoms with Crippen LogP contribution in [0.2, 0.25) is 0 Å². The van der Waals surface area contributed by atoms with Crippen LogP contribution < -0.4 is 0 Å². The topological polar surface area (TPSA) is 59.2 Å². The van der Waals surface area contributed by atoms with Crippen molar-refractivity contribution >= 4 is 17.2 Å². The number of thiophene rings is 1. The Balaban J connectivity index is 1.62. The van der Waals surface area contributed by atoms with Crippen molar-refractivity contribution in [1.29, 1.82) is 0 Å². The van der Waals surface area contributed by atoms with Crippen LogP contribution in [-0.2, 0) is 4.79 Å². The molecule has 4 atom stereocenters. The van der Waals surface area contributed by atoms with Crippen molar-refractivity contribution < 1.29 is 9.32 Å². The molecular formula is C18H23N3O2S. The van der Waals surface area contributed by atoms with Crippen LogP contribution in [0, 0.1) is 17.8 Å². The largest absolute Gasteiger partial charge is 0.346 e. The average Bonchev–Trinajstić information content (AvgIpc) is 3.36. The second-order valence-corrected chi connectivity index (χ2v) is 7.89. The lowest BCUT2D eigenvalue weighted by molar-refractivity contribution is -0.136. The maximum absolute atomic E-state index is 13.0. The van der Waals surface area contributed by atoms with Gasteiger partial charge in [0.15, 0.2) is 0 Å². The van der Waals surface area contributed by atoms with Crippen molar-refractivity contribution in [3.05, 3.63) is 22.7 Å². The summed E-state index contributed by atoms with van der Waals surface area (Å²) in [5, 5.41) is 8.19. The Morgan fingerprint density at radius 2 is 2.25 bits per heavy atom. The standard InChI is InChI=1S/C18H23N3O2S/c1-3-7-21(2)18(22)15-12-5-4-11(9-12)14(15)17-19-16(20-23-17)13-6-8-24-10-13/h6,8,10-12,14-15H,3-5,7,9H2,1-2H3/t11-,12+,14+,15+/m1/s1. The summed E-state index contributed by atoms with van der Waals surface area (Å²) >= 11 is 1.62. The zero-order valence-electron chi connectivity index (χ0n) is 14.1. The minimum absolute atomic E-state index is 0.0103. The highest BCUT2D eigenvalue weighted by atomic mass is 32.1. The predicted octanol–water partition coefficient (Wildman–Crippen LogP) is 3.80. The smallest absolute Gasteiger partial charge is 0.231 e. The van der Waals surface area contributed by atoms with Gasteiger partial charge < -0.3 is 9.42 Å². The van der Waals surface area contributed by atoms with Crippen LogP contribution in [-0.4, -0.2) is 34.5 Å². The van der Waals surface area contributed by atoms with E-state index in [0.29, 0.717) is 23.6 Å². The Morgan fingerprint density at radius 1 is 1.42 bits per heavy atom. The Bertz CT molecular complexity index is 712. The molecule has 1 amide bonds. The number of carbonyl (C=O) groups excluding carboxylic acids is 1. The van der Waals surface area contributed by atoms with Gasteiger partial charge in [-0.05, 0) is 49.0 Å². The molecule has 2 aliphatic rings. The van der Waals surface area contributed by atoms with Crippen LogP contribution >= 0.6 is 11.3 Å². The summed E-state index contributed by atoms with van der Waals surface area (Å²) in [5.41, 5.74) is 0.990. The second-order valence-electron chi connectivity index (χ2n) is 7.11. The summed E-state index contributed by atoms with van der Waals surface area (Å²) in [7, 11) is 1.92. The third-order valence-electron chi connectivity index (χ3n) is 5.64. The van der Waals surface area contributed by atoms with E-state index in [1.54, 1.807) is 11.3 Å². The minimum Gasteiger partial charge on any atom is -0.346 e. The molecule has 4 rings (SSSR count). The zero-order valence-corrected chi connectivity index (χ0v) is 15.0. The van der Waals surface area contributed by atoms with Gasteiger partial charge in [-0.1, -0.05) is 12.1 Å². The SMILES string of the molecule is CCCN(C)C(=O)[C@H]1[C@H]2CC[C@H](C2)[C@@H]1c1nc(-c2ccsc2)no1. The van der Waals surface area contributed by atoms with Crippen LogP contribution in [0.25, 0.3) is 11.4 Å². The van der Waals surface area contributed by atoms with Crippen molar-refractivity contribution in [2.75, 3.05) is 13.6 Å². The third kappa shape index (κ3) is 2.57. The van der Waals surface area contributed by atoms with Gasteiger partial charge in [0, 0.05) is 24.5 Å². The fourth-order valence-corrected chi connectivity index (χ4v) is 5.22. The van der Waals surface area contributed by atoms with Gasteiger partial charge in [-0.3, -0.25) is 4.79 Å². The fraction of sp³-hybridized carbons (Fsp3) is 0.611. The van der Waals surface area contributed by atoms with E-state index in [1.807, 2.05) is 28.8 Å². The van der Waals surface area contributed by atoms with Gasteiger partial charge in [0.25, 0.3) is 0 Å². The molecule has 0 spiro atoms. The molecule has 128 valence electrons. The monoisotopic (exact) mass is 345 g/mol. The molecule has 2 aromatic heterocycles. The quantitative estimate of drug-likeness (QED) is 0.827. The lowest BCUT2D eigenvalue weighted by Gasteiger charge is -2.31. The Morgan fingerprint density at radius 3 is 3.00 bits per heavy atom. The van der Waals surface area contributed by atoms with E-state index >= 15 is 0 Å². The summed E-state index contributed by atoms with van der Waals surface area (Å²) in [6.07, 6.45) is 4.43. The van der Waals surface area contributed by atoms with Crippen molar-refractivity contribution in [1.82, 2.24) is 15.0 Å². The summed E-state index contributed by atoms with van der Waals surface area (Å²) in [5.74, 6) is 2.64. The van der Waals surface area contributed by atoms with Crippen LogP contribution in [0.5, 0.6) is 0 Å². The molecule has 24 heavy (non-hydrogen) atoms. The fourth-order valence-electron chi connectivity index (χ4n) is 4.58. The molecule has 2 heterocycles. The van der Waals surface area contributed by atoms with Crippen LogP contribution in [0.3, 0.4) is 0 Å². The molecule has 5 nitrogen and oxygen atoms in total. The first-order valence-electron chi connectivity index (χ1n) is 8.80. The van der Waals surface area contributed by atoms with Crippen molar-refractivity contribution in [2.45, 2.75) is 38.5 Å². The second kappa shape index (κ2) is 6.31. The van der Waals surface area contributed by atoms with E-state index in [0.717, 1.165) is 31.4 Å². The molecule has 0 saturated heterocycles. The van der Waals surface area contributed by atoms with E-state index < -0.39 is 0 Å². The van der Waals surface area contributed by atoms with Gasteiger partial charge in [-0.15, -0.1) is 0 Å². The van der Waals surface area contributed by atoms with Crippen LogP contribution in [0.1, 0.15) is 44.4 Å². The lowest BCUT2D eigenvalue weighted by atomic mass is 9.78. The van der Waals surface area contributed by atoms with Gasteiger partial charge in [0.05, 0.1) is 11.8 Å². The van der Waals surface area contributed by atoms with Crippen molar-refractivity contribution in [3.63, 3.8) is 0 Å². The molecule has 2 bridgehead atoms. The maximum atomic E-state index is 13.0. The number of hydrogen-bond donors (Lipinski definition) is 0. The van der Waals surface area contributed by atoms with E-state index in [1.165, 1.54) is 6.42 Å². The number of amides is 1. The summed E-state index contributed by atoms with van der Waals surface area (Å²) in [6, 6.07) is 2.00. The molecule has 2 fully saturated rings. The molecule has 2 saturated carbocycles. The van der Waals surface area contributed by atoms with Gasteiger partial charge >= 0.3 is 0 Å². The van der Waals surface area contributed by atoms with E-state index in [2.05, 4.69) is 17.1 Å². The first kappa shape index (κ1) is 15.8. The van der Waals surface area contributed by atoms with E-state index in [-0.39, 0.29) is 17.7 Å². The molecule has 6 heteroatoms. The number of carbonyl (C=O) groups is 1. The van der Waals surface area contributed by atoms with Gasteiger partial charge in [0.1, 0.15) is 0 Å². The molecule has 2 aromatic rings. The molecule has 0 N–H and O–H groups in total. The van der Waals surface area contributed by atoms with Crippen molar-refractivity contribution in [2.24, 2.45) is 17.8 Å². The molecule has 0 aliphatic heterocycles. The molecule has 2 aliphatic carbocycles. The average molecular weight is 345 g/mol. The summed E-state index contributed by atoms with van der Waals surface area (Å²) in [4.78, 5) is 19.5. The minimum atomic E-state index is 0.0103. The predicted molar refractivity (Wildman–Crippen MR) is 92.6 cm³/mol. The van der Waals surface area contributed by atoms with Gasteiger partial charge in [0.2, 0.25) is 17.6 Å². The number of rotatable bonds is 5.